The molecule has 0 saturated carbocycles. The van der Waals surface area contributed by atoms with E-state index in [9.17, 15) is 4.79 Å². The van der Waals surface area contributed by atoms with Gasteiger partial charge in [0.1, 0.15) is 0 Å². The standard InChI is InChI=1S/C15H21N3O2/c1-2-20-11-5-8-16-9-10-18-15(19)14-7-4-3-6-13(14)12-17-18/h3-4,6-7,12,16H,2,5,8-11H2,1H3. The Balaban J connectivity index is 1.84. The van der Waals surface area contributed by atoms with Crippen LogP contribution in [0.4, 0.5) is 0 Å². The largest absolute Gasteiger partial charge is 0.382 e. The van der Waals surface area contributed by atoms with Crippen molar-refractivity contribution in [3.8, 4) is 0 Å². The van der Waals surface area contributed by atoms with E-state index in [0.717, 1.165) is 43.5 Å². The van der Waals surface area contributed by atoms with Crippen LogP contribution in [0.2, 0.25) is 0 Å². The summed E-state index contributed by atoms with van der Waals surface area (Å²) in [7, 11) is 0. The van der Waals surface area contributed by atoms with Crippen molar-refractivity contribution in [1.82, 2.24) is 15.1 Å². The fourth-order valence-corrected chi connectivity index (χ4v) is 2.04. The van der Waals surface area contributed by atoms with E-state index in [0.29, 0.717) is 6.54 Å². The summed E-state index contributed by atoms with van der Waals surface area (Å²) in [5, 5.41) is 9.09. The van der Waals surface area contributed by atoms with Crippen LogP contribution in [0.1, 0.15) is 13.3 Å². The molecule has 20 heavy (non-hydrogen) atoms. The zero-order valence-electron chi connectivity index (χ0n) is 11.8. The molecule has 0 saturated heterocycles. The molecule has 2 rings (SSSR count). The first-order valence-electron chi connectivity index (χ1n) is 7.06. The molecule has 1 N–H and O–H groups in total. The molecular weight excluding hydrogens is 254 g/mol. The lowest BCUT2D eigenvalue weighted by atomic mass is 10.2. The highest BCUT2D eigenvalue weighted by Gasteiger charge is 2.02. The lowest BCUT2D eigenvalue weighted by Gasteiger charge is -2.07. The van der Waals surface area contributed by atoms with Crippen LogP contribution in [0.5, 0.6) is 0 Å². The quantitative estimate of drug-likeness (QED) is 0.740. The number of rotatable bonds is 8. The van der Waals surface area contributed by atoms with Crippen LogP contribution in [0.15, 0.2) is 35.3 Å². The second kappa shape index (κ2) is 7.77. The maximum Gasteiger partial charge on any atom is 0.274 e. The number of benzene rings is 1. The van der Waals surface area contributed by atoms with E-state index >= 15 is 0 Å². The predicted molar refractivity (Wildman–Crippen MR) is 80.0 cm³/mol. The van der Waals surface area contributed by atoms with Crippen molar-refractivity contribution in [3.63, 3.8) is 0 Å². The highest BCUT2D eigenvalue weighted by Crippen LogP contribution is 2.05. The molecule has 2 aromatic rings. The monoisotopic (exact) mass is 275 g/mol. The summed E-state index contributed by atoms with van der Waals surface area (Å²) in [5.41, 5.74) is -0.0285. The molecule has 0 radical (unpaired) electrons. The summed E-state index contributed by atoms with van der Waals surface area (Å²) in [6.07, 6.45) is 2.72. The number of hydrogen-bond donors (Lipinski definition) is 1. The van der Waals surface area contributed by atoms with Crippen LogP contribution >= 0.6 is 0 Å². The van der Waals surface area contributed by atoms with Crippen LogP contribution < -0.4 is 10.9 Å². The predicted octanol–water partition coefficient (Wildman–Crippen LogP) is 1.41. The van der Waals surface area contributed by atoms with Crippen LogP contribution in [0, 0.1) is 0 Å². The summed E-state index contributed by atoms with van der Waals surface area (Å²) >= 11 is 0. The fourth-order valence-electron chi connectivity index (χ4n) is 2.04. The molecule has 0 aliphatic rings. The maximum atomic E-state index is 12.2. The van der Waals surface area contributed by atoms with Crippen molar-refractivity contribution >= 4 is 10.8 Å². The number of hydrogen-bond acceptors (Lipinski definition) is 4. The van der Waals surface area contributed by atoms with Gasteiger partial charge in [0.2, 0.25) is 0 Å². The third-order valence-corrected chi connectivity index (χ3v) is 3.11. The zero-order chi connectivity index (χ0) is 14.2. The number of ether oxygens (including phenoxy) is 1. The van der Waals surface area contributed by atoms with E-state index in [1.807, 2.05) is 31.2 Å². The molecule has 0 atom stereocenters. The zero-order valence-corrected chi connectivity index (χ0v) is 11.8. The van der Waals surface area contributed by atoms with Crippen molar-refractivity contribution in [1.29, 1.82) is 0 Å². The van der Waals surface area contributed by atoms with Gasteiger partial charge in [-0.05, 0) is 26.0 Å². The minimum atomic E-state index is -0.0285. The van der Waals surface area contributed by atoms with Crippen molar-refractivity contribution in [3.05, 3.63) is 40.8 Å². The Bertz CT molecular complexity index is 595. The molecule has 0 bridgehead atoms. The van der Waals surface area contributed by atoms with Crippen molar-refractivity contribution < 1.29 is 4.74 Å². The second-order valence-corrected chi connectivity index (χ2v) is 4.56. The smallest absolute Gasteiger partial charge is 0.274 e. The van der Waals surface area contributed by atoms with E-state index in [4.69, 9.17) is 4.74 Å². The summed E-state index contributed by atoms with van der Waals surface area (Å²) in [4.78, 5) is 12.2. The summed E-state index contributed by atoms with van der Waals surface area (Å²) in [5.74, 6) is 0. The number of nitrogens with one attached hydrogen (secondary N) is 1. The van der Waals surface area contributed by atoms with Gasteiger partial charge in [-0.1, -0.05) is 18.2 Å². The molecule has 5 heteroatoms. The number of aromatic nitrogens is 2. The Kier molecular flexibility index (Phi) is 5.70. The molecule has 5 nitrogen and oxygen atoms in total. The van der Waals surface area contributed by atoms with Gasteiger partial charge in [-0.25, -0.2) is 4.68 Å². The number of nitrogens with zero attached hydrogens (tertiary/aromatic N) is 2. The van der Waals surface area contributed by atoms with Gasteiger partial charge in [0.25, 0.3) is 5.56 Å². The van der Waals surface area contributed by atoms with E-state index in [1.54, 1.807) is 6.20 Å². The van der Waals surface area contributed by atoms with Gasteiger partial charge in [-0.2, -0.15) is 5.10 Å². The molecule has 1 heterocycles. The lowest BCUT2D eigenvalue weighted by molar-refractivity contribution is 0.144. The lowest BCUT2D eigenvalue weighted by Crippen LogP contribution is -2.29. The summed E-state index contributed by atoms with van der Waals surface area (Å²) < 4.78 is 6.77. The molecule has 0 aliphatic heterocycles. The topological polar surface area (TPSA) is 56.1 Å². The van der Waals surface area contributed by atoms with Gasteiger partial charge in [0, 0.05) is 25.1 Å². The van der Waals surface area contributed by atoms with Gasteiger partial charge in [-0.15, -0.1) is 0 Å². The van der Waals surface area contributed by atoms with Crippen LogP contribution in [-0.4, -0.2) is 36.1 Å². The molecule has 0 fully saturated rings. The average molecular weight is 275 g/mol. The van der Waals surface area contributed by atoms with Gasteiger partial charge in [0.15, 0.2) is 0 Å². The van der Waals surface area contributed by atoms with Crippen molar-refractivity contribution in [2.24, 2.45) is 0 Å². The summed E-state index contributed by atoms with van der Waals surface area (Å²) in [6.45, 7) is 5.73. The molecule has 0 amide bonds. The third-order valence-electron chi connectivity index (χ3n) is 3.11. The minimum Gasteiger partial charge on any atom is -0.382 e. The molecule has 0 unspecified atom stereocenters. The van der Waals surface area contributed by atoms with Gasteiger partial charge >= 0.3 is 0 Å². The third kappa shape index (κ3) is 3.88. The van der Waals surface area contributed by atoms with Crippen LogP contribution in [0.3, 0.4) is 0 Å². The van der Waals surface area contributed by atoms with E-state index < -0.39 is 0 Å². The SMILES string of the molecule is CCOCCCNCCn1ncc2ccccc2c1=O. The minimum absolute atomic E-state index is 0.0285. The maximum absolute atomic E-state index is 12.2. The highest BCUT2D eigenvalue weighted by molar-refractivity contribution is 5.80. The molecule has 0 aliphatic carbocycles. The Morgan fingerprint density at radius 3 is 3.00 bits per heavy atom. The molecule has 1 aromatic carbocycles. The fraction of sp³-hybridized carbons (Fsp3) is 0.467. The van der Waals surface area contributed by atoms with Gasteiger partial charge < -0.3 is 10.1 Å². The second-order valence-electron chi connectivity index (χ2n) is 4.56. The van der Waals surface area contributed by atoms with E-state index in [-0.39, 0.29) is 5.56 Å². The normalized spacial score (nSPS) is 11.1. The van der Waals surface area contributed by atoms with Crippen LogP contribution in [-0.2, 0) is 11.3 Å². The summed E-state index contributed by atoms with van der Waals surface area (Å²) in [6, 6.07) is 7.53. The van der Waals surface area contributed by atoms with Gasteiger partial charge in [0.05, 0.1) is 18.1 Å². The molecule has 0 spiro atoms. The van der Waals surface area contributed by atoms with Crippen LogP contribution in [0.25, 0.3) is 10.8 Å². The van der Waals surface area contributed by atoms with Gasteiger partial charge in [-0.3, -0.25) is 4.79 Å². The highest BCUT2D eigenvalue weighted by atomic mass is 16.5. The van der Waals surface area contributed by atoms with E-state index in [1.165, 1.54) is 4.68 Å². The molecular formula is C15H21N3O2. The van der Waals surface area contributed by atoms with Crippen molar-refractivity contribution in [2.45, 2.75) is 19.9 Å². The van der Waals surface area contributed by atoms with E-state index in [2.05, 4.69) is 10.4 Å². The van der Waals surface area contributed by atoms with Crippen molar-refractivity contribution in [2.75, 3.05) is 26.3 Å². The molecule has 1 aromatic heterocycles. The average Bonchev–Trinajstić information content (AvgIpc) is 2.49. The first-order valence-corrected chi connectivity index (χ1v) is 7.06. The Labute approximate surface area is 118 Å². The Morgan fingerprint density at radius 1 is 1.30 bits per heavy atom. The Hall–Kier alpha value is -1.72. The number of fused-ring (bicyclic) bond motifs is 1. The first kappa shape index (κ1) is 14.7. The first-order chi connectivity index (χ1) is 9.83. The Morgan fingerprint density at radius 2 is 2.15 bits per heavy atom. The molecule has 108 valence electrons.